The molecule has 1 atom stereocenters. The van der Waals surface area contributed by atoms with Crippen LogP contribution in [0.4, 0.5) is 0 Å². The van der Waals surface area contributed by atoms with Crippen molar-refractivity contribution in [1.82, 2.24) is 9.29 Å². The molecule has 6 nitrogen and oxygen atoms in total. The molecule has 1 fully saturated rings. The van der Waals surface area contributed by atoms with Gasteiger partial charge in [0.1, 0.15) is 16.7 Å². The smallest absolute Gasteiger partial charge is 0.244 e. The van der Waals surface area contributed by atoms with Gasteiger partial charge in [-0.1, -0.05) is 0 Å². The summed E-state index contributed by atoms with van der Waals surface area (Å²) >= 11 is 0. The van der Waals surface area contributed by atoms with Crippen LogP contribution in [0, 0.1) is 11.3 Å². The lowest BCUT2D eigenvalue weighted by Gasteiger charge is -2.18. The quantitative estimate of drug-likeness (QED) is 0.820. The van der Waals surface area contributed by atoms with Gasteiger partial charge in [0.2, 0.25) is 10.0 Å². The Labute approximate surface area is 106 Å². The van der Waals surface area contributed by atoms with Crippen LogP contribution in [0.2, 0.25) is 0 Å². The van der Waals surface area contributed by atoms with Crippen molar-refractivity contribution < 1.29 is 13.5 Å². The average Bonchev–Trinajstić information content (AvgIpc) is 2.70. The Morgan fingerprint density at radius 2 is 2.28 bits per heavy atom. The average molecular weight is 267 g/mol. The topological polar surface area (TPSA) is 94.3 Å². The number of β-amino-alcohol motifs (C(OH)–C–C–N with tert-alkyl or cyclic N) is 1. The van der Waals surface area contributed by atoms with Gasteiger partial charge in [-0.05, 0) is 25.5 Å². The van der Waals surface area contributed by atoms with Gasteiger partial charge >= 0.3 is 0 Å². The zero-order valence-corrected chi connectivity index (χ0v) is 10.7. The number of hydrogen-bond donors (Lipinski definition) is 1. The normalized spacial score (nSPS) is 24.9. The Bertz CT molecular complexity index is 587. The maximum atomic E-state index is 12.2. The Balaban J connectivity index is 2.29. The number of rotatable bonds is 2. The fraction of sp³-hybridized carbons (Fsp3) is 0.455. The van der Waals surface area contributed by atoms with Gasteiger partial charge in [-0.25, -0.2) is 13.4 Å². The van der Waals surface area contributed by atoms with Gasteiger partial charge in [-0.2, -0.15) is 9.57 Å². The van der Waals surface area contributed by atoms with Crippen molar-refractivity contribution in [1.29, 1.82) is 5.26 Å². The summed E-state index contributed by atoms with van der Waals surface area (Å²) in [6, 6.07) is 4.55. The van der Waals surface area contributed by atoms with Crippen LogP contribution in [0.15, 0.2) is 23.2 Å². The van der Waals surface area contributed by atoms with Crippen LogP contribution in [-0.4, -0.2) is 41.5 Å². The molecule has 0 bridgehead atoms. The van der Waals surface area contributed by atoms with Gasteiger partial charge in [0, 0.05) is 19.3 Å². The second-order valence-electron chi connectivity index (χ2n) is 4.58. The van der Waals surface area contributed by atoms with E-state index < -0.39 is 15.6 Å². The van der Waals surface area contributed by atoms with Crippen molar-refractivity contribution in [2.75, 3.05) is 13.1 Å². The van der Waals surface area contributed by atoms with E-state index in [-0.39, 0.29) is 23.7 Å². The molecule has 1 aliphatic rings. The third-order valence-electron chi connectivity index (χ3n) is 2.91. The third kappa shape index (κ3) is 2.36. The molecular weight excluding hydrogens is 254 g/mol. The molecule has 7 heteroatoms. The first-order valence-corrected chi connectivity index (χ1v) is 6.88. The second kappa shape index (κ2) is 4.31. The molecule has 2 heterocycles. The summed E-state index contributed by atoms with van der Waals surface area (Å²) < 4.78 is 25.7. The number of aliphatic hydroxyl groups is 1. The molecule has 1 aliphatic heterocycles. The van der Waals surface area contributed by atoms with E-state index in [0.29, 0.717) is 6.42 Å². The highest BCUT2D eigenvalue weighted by Gasteiger charge is 2.38. The van der Waals surface area contributed by atoms with Crippen LogP contribution in [0.3, 0.4) is 0 Å². The molecule has 0 amide bonds. The SMILES string of the molecule is CC1(O)CCN(S(=O)(=O)c2ccc(C#N)nc2)C1. The molecule has 0 spiro atoms. The molecule has 1 saturated heterocycles. The van der Waals surface area contributed by atoms with Crippen molar-refractivity contribution in [3.8, 4) is 6.07 Å². The van der Waals surface area contributed by atoms with E-state index in [1.54, 1.807) is 6.92 Å². The Hall–Kier alpha value is -1.49. The van der Waals surface area contributed by atoms with Crippen molar-refractivity contribution in [2.24, 2.45) is 0 Å². The van der Waals surface area contributed by atoms with Crippen LogP contribution >= 0.6 is 0 Å². The molecule has 0 aliphatic carbocycles. The van der Waals surface area contributed by atoms with Crippen molar-refractivity contribution in [3.63, 3.8) is 0 Å². The van der Waals surface area contributed by atoms with Crippen molar-refractivity contribution >= 4 is 10.0 Å². The zero-order chi connectivity index (χ0) is 13.4. The van der Waals surface area contributed by atoms with Crippen LogP contribution in [0.1, 0.15) is 19.0 Å². The number of nitriles is 1. The summed E-state index contributed by atoms with van der Waals surface area (Å²) in [6.45, 7) is 1.98. The van der Waals surface area contributed by atoms with Gasteiger partial charge in [0.15, 0.2) is 0 Å². The van der Waals surface area contributed by atoms with E-state index in [1.165, 1.54) is 22.6 Å². The predicted octanol–water partition coefficient (Wildman–Crippen LogP) is 0.0987. The summed E-state index contributed by atoms with van der Waals surface area (Å²) in [4.78, 5) is 3.78. The molecule has 18 heavy (non-hydrogen) atoms. The first kappa shape index (κ1) is 13.0. The van der Waals surface area contributed by atoms with Crippen LogP contribution < -0.4 is 0 Å². The Morgan fingerprint density at radius 3 is 2.72 bits per heavy atom. The molecule has 96 valence electrons. The van der Waals surface area contributed by atoms with E-state index in [2.05, 4.69) is 4.98 Å². The number of sulfonamides is 1. The molecule has 1 aromatic heterocycles. The minimum Gasteiger partial charge on any atom is -0.389 e. The van der Waals surface area contributed by atoms with Gasteiger partial charge in [-0.3, -0.25) is 0 Å². The lowest BCUT2D eigenvalue weighted by atomic mass is 10.1. The summed E-state index contributed by atoms with van der Waals surface area (Å²) in [6.07, 6.45) is 1.58. The molecule has 1 N–H and O–H groups in total. The molecule has 1 aromatic rings. The maximum Gasteiger partial charge on any atom is 0.244 e. The highest BCUT2D eigenvalue weighted by Crippen LogP contribution is 2.26. The molecule has 0 aromatic carbocycles. The lowest BCUT2D eigenvalue weighted by Crippen LogP contribution is -2.34. The summed E-state index contributed by atoms with van der Waals surface area (Å²) in [7, 11) is -3.63. The molecular formula is C11H13N3O3S. The highest BCUT2D eigenvalue weighted by molar-refractivity contribution is 7.89. The number of pyridine rings is 1. The van der Waals surface area contributed by atoms with E-state index in [1.807, 2.05) is 6.07 Å². The Kier molecular flexibility index (Phi) is 3.11. The van der Waals surface area contributed by atoms with Crippen LogP contribution in [0.5, 0.6) is 0 Å². The van der Waals surface area contributed by atoms with Gasteiger partial charge in [-0.15, -0.1) is 0 Å². The number of hydrogen-bond acceptors (Lipinski definition) is 5. The van der Waals surface area contributed by atoms with Crippen LogP contribution in [-0.2, 0) is 10.0 Å². The molecule has 0 radical (unpaired) electrons. The number of aromatic nitrogens is 1. The largest absolute Gasteiger partial charge is 0.389 e. The lowest BCUT2D eigenvalue weighted by molar-refractivity contribution is 0.0762. The van der Waals surface area contributed by atoms with E-state index in [4.69, 9.17) is 5.26 Å². The maximum absolute atomic E-state index is 12.2. The minimum absolute atomic E-state index is 0.0409. The standard InChI is InChI=1S/C11H13N3O3S/c1-11(15)4-5-14(8-11)18(16,17)10-3-2-9(6-12)13-7-10/h2-3,7,15H,4-5,8H2,1H3. The van der Waals surface area contributed by atoms with Gasteiger partial charge in [0.05, 0.1) is 5.60 Å². The number of nitrogens with zero attached hydrogens (tertiary/aromatic N) is 3. The van der Waals surface area contributed by atoms with Gasteiger partial charge in [0.25, 0.3) is 0 Å². The highest BCUT2D eigenvalue weighted by atomic mass is 32.2. The fourth-order valence-corrected chi connectivity index (χ4v) is 3.36. The molecule has 2 rings (SSSR count). The molecule has 0 saturated carbocycles. The first-order chi connectivity index (χ1) is 8.35. The zero-order valence-electron chi connectivity index (χ0n) is 9.87. The summed E-state index contributed by atoms with van der Waals surface area (Å²) in [5, 5.41) is 18.4. The monoisotopic (exact) mass is 267 g/mol. The van der Waals surface area contributed by atoms with Crippen LogP contribution in [0.25, 0.3) is 0 Å². The Morgan fingerprint density at radius 1 is 1.56 bits per heavy atom. The minimum atomic E-state index is -3.63. The van der Waals surface area contributed by atoms with Crippen molar-refractivity contribution in [2.45, 2.75) is 23.8 Å². The first-order valence-electron chi connectivity index (χ1n) is 5.44. The summed E-state index contributed by atoms with van der Waals surface area (Å²) in [5.41, 5.74) is -0.810. The fourth-order valence-electron chi connectivity index (χ4n) is 1.86. The van der Waals surface area contributed by atoms with E-state index in [0.717, 1.165) is 0 Å². The summed E-state index contributed by atoms with van der Waals surface area (Å²) in [5.74, 6) is 0. The van der Waals surface area contributed by atoms with E-state index >= 15 is 0 Å². The third-order valence-corrected chi connectivity index (χ3v) is 4.73. The predicted molar refractivity (Wildman–Crippen MR) is 63.0 cm³/mol. The van der Waals surface area contributed by atoms with Crippen molar-refractivity contribution in [3.05, 3.63) is 24.0 Å². The molecule has 1 unspecified atom stereocenters. The van der Waals surface area contributed by atoms with Gasteiger partial charge < -0.3 is 5.11 Å². The second-order valence-corrected chi connectivity index (χ2v) is 6.51. The van der Waals surface area contributed by atoms with E-state index in [9.17, 15) is 13.5 Å².